The van der Waals surface area contributed by atoms with Crippen LogP contribution >= 0.6 is 31.9 Å². The van der Waals surface area contributed by atoms with E-state index in [0.717, 1.165) is 17.4 Å². The Balaban J connectivity index is 1.83. The normalized spacial score (nSPS) is 23.6. The minimum Gasteiger partial charge on any atom is -0.350 e. The molecule has 0 saturated heterocycles. The monoisotopic (exact) mass is 360 g/mol. The fraction of sp³-hybridized carbons (Fsp3) is 0.500. The van der Waals surface area contributed by atoms with Crippen molar-refractivity contribution in [3.63, 3.8) is 0 Å². The number of nitrogens with zero attached hydrogens (tertiary/aromatic N) is 1. The molecule has 1 aromatic heterocycles. The summed E-state index contributed by atoms with van der Waals surface area (Å²) in [7, 11) is 0. The maximum atomic E-state index is 11.8. The summed E-state index contributed by atoms with van der Waals surface area (Å²) in [5.41, 5.74) is 0.474. The van der Waals surface area contributed by atoms with Gasteiger partial charge < -0.3 is 5.32 Å². The summed E-state index contributed by atoms with van der Waals surface area (Å²) in [6.45, 7) is 0.749. The zero-order valence-electron chi connectivity index (χ0n) is 9.33. The van der Waals surface area contributed by atoms with E-state index in [2.05, 4.69) is 42.2 Å². The van der Waals surface area contributed by atoms with Crippen LogP contribution in [0.25, 0.3) is 0 Å². The number of amides is 1. The summed E-state index contributed by atoms with van der Waals surface area (Å²) in [5.74, 6) is 0.509. The summed E-state index contributed by atoms with van der Waals surface area (Å²) in [5, 5.41) is 2.94. The molecule has 1 aromatic rings. The zero-order valence-corrected chi connectivity index (χ0v) is 12.5. The van der Waals surface area contributed by atoms with E-state index in [0.29, 0.717) is 16.4 Å². The first-order valence-electron chi connectivity index (χ1n) is 5.69. The third-order valence-electron chi connectivity index (χ3n) is 2.99. The van der Waals surface area contributed by atoms with E-state index in [-0.39, 0.29) is 5.91 Å². The van der Waals surface area contributed by atoms with Gasteiger partial charge in [-0.1, -0.05) is 15.9 Å². The molecule has 2 rings (SSSR count). The van der Waals surface area contributed by atoms with Gasteiger partial charge in [0.15, 0.2) is 0 Å². The van der Waals surface area contributed by atoms with Crippen LogP contribution in [0.4, 0.5) is 0 Å². The first-order chi connectivity index (χ1) is 8.15. The van der Waals surface area contributed by atoms with E-state index < -0.39 is 0 Å². The van der Waals surface area contributed by atoms with E-state index in [1.165, 1.54) is 12.8 Å². The Bertz CT molecular complexity index is 394. The SMILES string of the molecule is O=C(NCC1CCC(Br)C1)c1ccc(Br)cn1. The van der Waals surface area contributed by atoms with Gasteiger partial charge in [-0.2, -0.15) is 0 Å². The predicted molar refractivity (Wildman–Crippen MR) is 74.3 cm³/mol. The molecular formula is C12H14Br2N2O. The number of carbonyl (C=O) groups excluding carboxylic acids is 1. The van der Waals surface area contributed by atoms with Crippen LogP contribution in [-0.2, 0) is 0 Å². The fourth-order valence-electron chi connectivity index (χ4n) is 2.04. The third kappa shape index (κ3) is 3.78. The predicted octanol–water partition coefficient (Wildman–Crippen LogP) is 3.14. The van der Waals surface area contributed by atoms with Crippen molar-refractivity contribution in [2.24, 2.45) is 5.92 Å². The number of pyridine rings is 1. The molecule has 5 heteroatoms. The van der Waals surface area contributed by atoms with Crippen LogP contribution in [-0.4, -0.2) is 22.3 Å². The zero-order chi connectivity index (χ0) is 12.3. The molecule has 1 saturated carbocycles. The maximum Gasteiger partial charge on any atom is 0.269 e. The highest BCUT2D eigenvalue weighted by molar-refractivity contribution is 9.10. The molecule has 0 spiro atoms. The Kier molecular flexibility index (Phi) is 4.56. The van der Waals surface area contributed by atoms with Crippen molar-refractivity contribution in [2.75, 3.05) is 6.54 Å². The molecule has 0 radical (unpaired) electrons. The van der Waals surface area contributed by atoms with Crippen LogP contribution in [0.15, 0.2) is 22.8 Å². The van der Waals surface area contributed by atoms with Crippen molar-refractivity contribution in [3.8, 4) is 0 Å². The lowest BCUT2D eigenvalue weighted by atomic mass is 10.1. The highest BCUT2D eigenvalue weighted by atomic mass is 79.9. The lowest BCUT2D eigenvalue weighted by Gasteiger charge is -2.10. The number of rotatable bonds is 3. The molecule has 1 N–H and O–H groups in total. The first-order valence-corrected chi connectivity index (χ1v) is 7.40. The minimum absolute atomic E-state index is 0.0875. The van der Waals surface area contributed by atoms with E-state index in [1.807, 2.05) is 6.07 Å². The van der Waals surface area contributed by atoms with Gasteiger partial charge in [0.2, 0.25) is 0 Å². The van der Waals surface area contributed by atoms with Gasteiger partial charge in [0, 0.05) is 22.0 Å². The lowest BCUT2D eigenvalue weighted by molar-refractivity contribution is 0.0942. The van der Waals surface area contributed by atoms with Gasteiger partial charge in [0.25, 0.3) is 5.91 Å². The summed E-state index contributed by atoms with van der Waals surface area (Å²) < 4.78 is 0.881. The molecule has 1 heterocycles. The van der Waals surface area contributed by atoms with Gasteiger partial charge in [-0.15, -0.1) is 0 Å². The van der Waals surface area contributed by atoms with E-state index in [1.54, 1.807) is 12.3 Å². The molecule has 92 valence electrons. The van der Waals surface area contributed by atoms with Gasteiger partial charge >= 0.3 is 0 Å². The summed E-state index contributed by atoms with van der Waals surface area (Å²) in [6.07, 6.45) is 5.17. The maximum absolute atomic E-state index is 11.8. The number of hydrogen-bond acceptors (Lipinski definition) is 2. The van der Waals surface area contributed by atoms with E-state index in [9.17, 15) is 4.79 Å². The molecular weight excluding hydrogens is 348 g/mol. The van der Waals surface area contributed by atoms with Crippen LogP contribution in [0.5, 0.6) is 0 Å². The molecule has 1 fully saturated rings. The van der Waals surface area contributed by atoms with Crippen molar-refractivity contribution in [2.45, 2.75) is 24.1 Å². The Morgan fingerprint density at radius 3 is 2.88 bits per heavy atom. The van der Waals surface area contributed by atoms with Gasteiger partial charge in [-0.05, 0) is 53.2 Å². The molecule has 1 amide bonds. The van der Waals surface area contributed by atoms with Gasteiger partial charge in [0.1, 0.15) is 5.69 Å². The Hall–Kier alpha value is -0.420. The Labute approximate surface area is 118 Å². The molecule has 0 aromatic carbocycles. The number of hydrogen-bond donors (Lipinski definition) is 1. The van der Waals surface area contributed by atoms with E-state index >= 15 is 0 Å². The lowest BCUT2D eigenvalue weighted by Crippen LogP contribution is -2.29. The largest absolute Gasteiger partial charge is 0.350 e. The topological polar surface area (TPSA) is 42.0 Å². The van der Waals surface area contributed by atoms with Crippen LogP contribution in [0.1, 0.15) is 29.8 Å². The Morgan fingerprint density at radius 2 is 2.29 bits per heavy atom. The number of aromatic nitrogens is 1. The fourth-order valence-corrected chi connectivity index (χ4v) is 3.06. The molecule has 2 atom stereocenters. The average molecular weight is 362 g/mol. The summed E-state index contributed by atoms with van der Waals surface area (Å²) in [4.78, 5) is 16.5. The van der Waals surface area contributed by atoms with Gasteiger partial charge in [-0.3, -0.25) is 4.79 Å². The molecule has 2 unspecified atom stereocenters. The molecule has 1 aliphatic rings. The standard InChI is InChI=1S/C12H14Br2N2O/c13-9-2-1-8(5-9)6-16-12(17)11-4-3-10(14)7-15-11/h3-4,7-9H,1-2,5-6H2,(H,16,17). The second-order valence-electron chi connectivity index (χ2n) is 4.35. The smallest absolute Gasteiger partial charge is 0.269 e. The second-order valence-corrected chi connectivity index (χ2v) is 6.56. The van der Waals surface area contributed by atoms with Crippen LogP contribution < -0.4 is 5.32 Å². The van der Waals surface area contributed by atoms with E-state index in [4.69, 9.17) is 0 Å². The molecule has 1 aliphatic carbocycles. The summed E-state index contributed by atoms with van der Waals surface area (Å²) in [6, 6.07) is 3.55. The van der Waals surface area contributed by atoms with Crippen LogP contribution in [0, 0.1) is 5.92 Å². The summed E-state index contributed by atoms with van der Waals surface area (Å²) >= 11 is 6.90. The number of carbonyl (C=O) groups is 1. The number of nitrogens with one attached hydrogen (secondary N) is 1. The molecule has 0 bridgehead atoms. The number of halogens is 2. The first kappa shape index (κ1) is 13.0. The highest BCUT2D eigenvalue weighted by Gasteiger charge is 2.22. The third-order valence-corrected chi connectivity index (χ3v) is 4.29. The van der Waals surface area contributed by atoms with Crippen LogP contribution in [0.2, 0.25) is 0 Å². The second kappa shape index (κ2) is 5.96. The van der Waals surface area contributed by atoms with Crippen molar-refractivity contribution in [3.05, 3.63) is 28.5 Å². The van der Waals surface area contributed by atoms with Crippen molar-refractivity contribution < 1.29 is 4.79 Å². The van der Waals surface area contributed by atoms with Crippen LogP contribution in [0.3, 0.4) is 0 Å². The minimum atomic E-state index is -0.0875. The van der Waals surface area contributed by atoms with Crippen molar-refractivity contribution >= 4 is 37.8 Å². The van der Waals surface area contributed by atoms with Gasteiger partial charge in [-0.25, -0.2) is 4.98 Å². The molecule has 0 aliphatic heterocycles. The van der Waals surface area contributed by atoms with Crippen molar-refractivity contribution in [1.29, 1.82) is 0 Å². The highest BCUT2D eigenvalue weighted by Crippen LogP contribution is 2.29. The Morgan fingerprint density at radius 1 is 1.47 bits per heavy atom. The number of alkyl halides is 1. The molecule has 17 heavy (non-hydrogen) atoms. The quantitative estimate of drug-likeness (QED) is 0.840. The average Bonchev–Trinajstić information content (AvgIpc) is 2.73. The van der Waals surface area contributed by atoms with Crippen molar-refractivity contribution in [1.82, 2.24) is 10.3 Å². The van der Waals surface area contributed by atoms with Gasteiger partial charge in [0.05, 0.1) is 0 Å². The molecule has 3 nitrogen and oxygen atoms in total.